The highest BCUT2D eigenvalue weighted by Crippen LogP contribution is 2.40. The summed E-state index contributed by atoms with van der Waals surface area (Å²) in [5.41, 5.74) is 2.14. The molecule has 130 valence electrons. The number of aliphatic hydroxyl groups is 1. The topological polar surface area (TPSA) is 73.1 Å². The van der Waals surface area contributed by atoms with E-state index in [1.165, 1.54) is 18.4 Å². The van der Waals surface area contributed by atoms with Gasteiger partial charge in [-0.3, -0.25) is 0 Å². The van der Waals surface area contributed by atoms with Gasteiger partial charge in [-0.15, -0.1) is 5.10 Å². The lowest BCUT2D eigenvalue weighted by molar-refractivity contribution is 0.201. The third-order valence-corrected chi connectivity index (χ3v) is 4.56. The highest BCUT2D eigenvalue weighted by atomic mass is 16.5. The first-order chi connectivity index (χ1) is 11.7. The Morgan fingerprint density at radius 1 is 1.38 bits per heavy atom. The van der Waals surface area contributed by atoms with Gasteiger partial charge >= 0.3 is 0 Å². The third-order valence-electron chi connectivity index (χ3n) is 4.56. The highest BCUT2D eigenvalue weighted by Gasteiger charge is 2.30. The van der Waals surface area contributed by atoms with Crippen LogP contribution in [0.5, 0.6) is 5.75 Å². The number of benzene rings is 1. The summed E-state index contributed by atoms with van der Waals surface area (Å²) in [5.74, 6) is 2.55. The van der Waals surface area contributed by atoms with Crippen LogP contribution in [-0.2, 0) is 0 Å². The van der Waals surface area contributed by atoms with Crippen molar-refractivity contribution < 1.29 is 9.84 Å². The van der Waals surface area contributed by atoms with Gasteiger partial charge in [-0.05, 0) is 53.3 Å². The van der Waals surface area contributed by atoms with Gasteiger partial charge in [0, 0.05) is 5.92 Å². The Bertz CT molecular complexity index is 667. The SMILES string of the molecule is CCCCC(C)c1ccc(OCCO)c(-n2nnnc2C2CC2)c1. The van der Waals surface area contributed by atoms with Gasteiger partial charge in [0.1, 0.15) is 18.0 Å². The molecule has 1 atom stereocenters. The van der Waals surface area contributed by atoms with Crippen LogP contribution in [0.25, 0.3) is 5.69 Å². The Morgan fingerprint density at radius 2 is 2.21 bits per heavy atom. The number of nitrogens with zero attached hydrogens (tertiary/aromatic N) is 4. The smallest absolute Gasteiger partial charge is 0.159 e. The van der Waals surface area contributed by atoms with Crippen molar-refractivity contribution >= 4 is 0 Å². The lowest BCUT2D eigenvalue weighted by Gasteiger charge is -2.16. The number of hydrogen-bond donors (Lipinski definition) is 1. The van der Waals surface area contributed by atoms with Gasteiger partial charge in [-0.25, -0.2) is 0 Å². The van der Waals surface area contributed by atoms with Gasteiger partial charge in [0.25, 0.3) is 0 Å². The molecule has 0 saturated heterocycles. The predicted octanol–water partition coefficient (Wildman–Crippen LogP) is 3.20. The van der Waals surface area contributed by atoms with Crippen LogP contribution in [0.3, 0.4) is 0 Å². The fraction of sp³-hybridized carbons (Fsp3) is 0.611. The molecule has 0 amide bonds. The van der Waals surface area contributed by atoms with Gasteiger partial charge in [0.05, 0.1) is 6.61 Å². The molecule has 0 bridgehead atoms. The van der Waals surface area contributed by atoms with Gasteiger partial charge in [0.15, 0.2) is 5.82 Å². The van der Waals surface area contributed by atoms with E-state index in [4.69, 9.17) is 9.84 Å². The van der Waals surface area contributed by atoms with E-state index in [2.05, 4.69) is 41.5 Å². The summed E-state index contributed by atoms with van der Waals surface area (Å²) < 4.78 is 7.52. The van der Waals surface area contributed by atoms with Crippen molar-refractivity contribution in [3.63, 3.8) is 0 Å². The molecule has 0 spiro atoms. The maximum Gasteiger partial charge on any atom is 0.159 e. The minimum Gasteiger partial charge on any atom is -0.489 e. The summed E-state index contributed by atoms with van der Waals surface area (Å²) in [7, 11) is 0. The fourth-order valence-corrected chi connectivity index (χ4v) is 2.92. The number of unbranched alkanes of at least 4 members (excludes halogenated alkanes) is 1. The number of tetrazole rings is 1. The summed E-state index contributed by atoms with van der Waals surface area (Å²) in [6.45, 7) is 4.72. The van der Waals surface area contributed by atoms with Crippen molar-refractivity contribution in [3.8, 4) is 11.4 Å². The van der Waals surface area contributed by atoms with Gasteiger partial charge in [0.2, 0.25) is 0 Å². The van der Waals surface area contributed by atoms with E-state index in [1.54, 1.807) is 4.68 Å². The van der Waals surface area contributed by atoms with E-state index in [0.29, 0.717) is 17.6 Å². The molecular weight excluding hydrogens is 304 g/mol. The second-order valence-electron chi connectivity index (χ2n) is 6.57. The van der Waals surface area contributed by atoms with Crippen LogP contribution >= 0.6 is 0 Å². The third kappa shape index (κ3) is 3.75. The zero-order valence-electron chi connectivity index (χ0n) is 14.5. The molecule has 0 radical (unpaired) electrons. The van der Waals surface area contributed by atoms with Crippen molar-refractivity contribution in [2.24, 2.45) is 0 Å². The zero-order valence-corrected chi connectivity index (χ0v) is 14.5. The molecule has 24 heavy (non-hydrogen) atoms. The quantitative estimate of drug-likeness (QED) is 0.764. The Morgan fingerprint density at radius 3 is 2.92 bits per heavy atom. The summed E-state index contributed by atoms with van der Waals surface area (Å²) in [6, 6.07) is 6.22. The first-order valence-corrected chi connectivity index (χ1v) is 8.90. The molecule has 1 heterocycles. The fourth-order valence-electron chi connectivity index (χ4n) is 2.92. The average molecular weight is 330 g/mol. The number of aromatic nitrogens is 4. The number of aliphatic hydroxyl groups excluding tert-OH is 1. The standard InChI is InChI=1S/C18H26N4O2/c1-3-4-5-13(2)15-8-9-17(24-11-10-23)16(12-15)22-18(14-6-7-14)19-20-21-22/h8-9,12-14,23H,3-7,10-11H2,1-2H3. The summed E-state index contributed by atoms with van der Waals surface area (Å²) in [6.07, 6.45) is 5.86. The molecule has 1 saturated carbocycles. The molecule has 6 heteroatoms. The van der Waals surface area contributed by atoms with Crippen LogP contribution in [-0.4, -0.2) is 38.5 Å². The maximum atomic E-state index is 9.07. The first-order valence-electron chi connectivity index (χ1n) is 8.90. The summed E-state index contributed by atoms with van der Waals surface area (Å²) in [4.78, 5) is 0. The van der Waals surface area contributed by atoms with Crippen LogP contribution in [0.4, 0.5) is 0 Å². The van der Waals surface area contributed by atoms with E-state index < -0.39 is 0 Å². The second kappa shape index (κ2) is 7.75. The highest BCUT2D eigenvalue weighted by molar-refractivity contribution is 5.50. The van der Waals surface area contributed by atoms with E-state index in [0.717, 1.165) is 30.8 Å². The van der Waals surface area contributed by atoms with Crippen molar-refractivity contribution in [2.45, 2.75) is 57.8 Å². The molecule has 3 rings (SSSR count). The normalized spacial score (nSPS) is 15.5. The second-order valence-corrected chi connectivity index (χ2v) is 6.57. The monoisotopic (exact) mass is 330 g/mol. The van der Waals surface area contributed by atoms with Crippen LogP contribution in [0.2, 0.25) is 0 Å². The Hall–Kier alpha value is -1.95. The molecule has 0 aliphatic heterocycles. The Balaban J connectivity index is 1.94. The Kier molecular flexibility index (Phi) is 5.45. The minimum atomic E-state index is -0.0147. The van der Waals surface area contributed by atoms with Crippen LogP contribution in [0.1, 0.15) is 69.2 Å². The predicted molar refractivity (Wildman–Crippen MR) is 91.6 cm³/mol. The van der Waals surface area contributed by atoms with Crippen molar-refractivity contribution in [2.75, 3.05) is 13.2 Å². The molecule has 1 aliphatic carbocycles. The zero-order chi connectivity index (χ0) is 16.9. The number of hydrogen-bond acceptors (Lipinski definition) is 5. The average Bonchev–Trinajstić information content (AvgIpc) is 3.34. The van der Waals surface area contributed by atoms with E-state index in [9.17, 15) is 0 Å². The molecule has 1 aliphatic rings. The van der Waals surface area contributed by atoms with Gasteiger partial charge in [-0.2, -0.15) is 4.68 Å². The molecule has 1 unspecified atom stereocenters. The summed E-state index contributed by atoms with van der Waals surface area (Å²) >= 11 is 0. The Labute approximate surface area is 142 Å². The van der Waals surface area contributed by atoms with Crippen LogP contribution in [0, 0.1) is 0 Å². The van der Waals surface area contributed by atoms with E-state index >= 15 is 0 Å². The maximum absolute atomic E-state index is 9.07. The van der Waals surface area contributed by atoms with Crippen molar-refractivity contribution in [3.05, 3.63) is 29.6 Å². The summed E-state index contributed by atoms with van der Waals surface area (Å²) in [5, 5.41) is 21.3. The van der Waals surface area contributed by atoms with E-state index in [-0.39, 0.29) is 13.2 Å². The largest absolute Gasteiger partial charge is 0.489 e. The van der Waals surface area contributed by atoms with E-state index in [1.807, 2.05) is 6.07 Å². The molecule has 1 aromatic carbocycles. The molecule has 1 fully saturated rings. The number of rotatable bonds is 9. The minimum absolute atomic E-state index is 0.0147. The van der Waals surface area contributed by atoms with Gasteiger partial charge in [-0.1, -0.05) is 32.8 Å². The lowest BCUT2D eigenvalue weighted by atomic mass is 9.95. The first kappa shape index (κ1) is 16.9. The molecule has 1 N–H and O–H groups in total. The molecular formula is C18H26N4O2. The molecule has 1 aromatic heterocycles. The van der Waals surface area contributed by atoms with Crippen LogP contribution < -0.4 is 4.74 Å². The number of ether oxygens (including phenoxy) is 1. The van der Waals surface area contributed by atoms with Crippen molar-refractivity contribution in [1.82, 2.24) is 20.2 Å². The lowest BCUT2D eigenvalue weighted by Crippen LogP contribution is -2.09. The molecule has 6 nitrogen and oxygen atoms in total. The van der Waals surface area contributed by atoms with Gasteiger partial charge < -0.3 is 9.84 Å². The molecule has 2 aromatic rings. The van der Waals surface area contributed by atoms with Crippen LogP contribution in [0.15, 0.2) is 18.2 Å². The van der Waals surface area contributed by atoms with Crippen molar-refractivity contribution in [1.29, 1.82) is 0 Å².